The van der Waals surface area contributed by atoms with Gasteiger partial charge in [0.15, 0.2) is 0 Å². The maximum absolute atomic E-state index is 12.2. The predicted molar refractivity (Wildman–Crippen MR) is 108 cm³/mol. The number of hydrogen-bond donors (Lipinski definition) is 1. The van der Waals surface area contributed by atoms with E-state index >= 15 is 0 Å². The van der Waals surface area contributed by atoms with Gasteiger partial charge in [0.25, 0.3) is 0 Å². The number of amides is 1. The Kier molecular flexibility index (Phi) is 4.71. The van der Waals surface area contributed by atoms with Crippen LogP contribution in [-0.4, -0.2) is 32.3 Å². The van der Waals surface area contributed by atoms with Gasteiger partial charge in [-0.2, -0.15) is 5.26 Å². The number of benzene rings is 1. The van der Waals surface area contributed by atoms with Gasteiger partial charge in [0.05, 0.1) is 30.1 Å². The van der Waals surface area contributed by atoms with Gasteiger partial charge in [-0.05, 0) is 51.0 Å². The van der Waals surface area contributed by atoms with Crippen molar-refractivity contribution in [3.63, 3.8) is 0 Å². The van der Waals surface area contributed by atoms with Gasteiger partial charge in [0.2, 0.25) is 0 Å². The Morgan fingerprint density at radius 2 is 2.17 bits per heavy atom. The fourth-order valence-electron chi connectivity index (χ4n) is 3.89. The molecule has 1 aromatic carbocycles. The van der Waals surface area contributed by atoms with E-state index in [0.717, 1.165) is 22.3 Å². The molecule has 0 spiro atoms. The Balaban J connectivity index is 1.67. The van der Waals surface area contributed by atoms with Crippen molar-refractivity contribution < 1.29 is 9.53 Å². The number of ether oxygens (including phenoxy) is 1. The molecule has 0 aliphatic heterocycles. The maximum atomic E-state index is 12.2. The molecule has 1 aliphatic rings. The van der Waals surface area contributed by atoms with E-state index in [1.807, 2.05) is 39.0 Å². The summed E-state index contributed by atoms with van der Waals surface area (Å²) in [5, 5.41) is 13.4. The van der Waals surface area contributed by atoms with Crippen LogP contribution in [0.4, 0.5) is 4.79 Å². The minimum absolute atomic E-state index is 0.0434. The molecule has 1 aliphatic carbocycles. The zero-order valence-electron chi connectivity index (χ0n) is 16.8. The summed E-state index contributed by atoms with van der Waals surface area (Å²) >= 11 is 0. The number of hydrogen-bond acceptors (Lipinski definition) is 5. The van der Waals surface area contributed by atoms with Gasteiger partial charge in [0, 0.05) is 41.5 Å². The van der Waals surface area contributed by atoms with Crippen LogP contribution in [0.3, 0.4) is 0 Å². The summed E-state index contributed by atoms with van der Waals surface area (Å²) in [6, 6.07) is 7.92. The van der Waals surface area contributed by atoms with E-state index in [9.17, 15) is 10.1 Å². The van der Waals surface area contributed by atoms with Crippen LogP contribution in [0.5, 0.6) is 0 Å². The van der Waals surface area contributed by atoms with E-state index in [-0.39, 0.29) is 6.04 Å². The molecular weight excluding hydrogens is 366 g/mol. The Bertz CT molecular complexity index is 1110. The van der Waals surface area contributed by atoms with Gasteiger partial charge < -0.3 is 14.6 Å². The van der Waals surface area contributed by atoms with Crippen molar-refractivity contribution in [2.45, 2.75) is 51.8 Å². The van der Waals surface area contributed by atoms with Crippen LogP contribution in [0.25, 0.3) is 10.9 Å². The van der Waals surface area contributed by atoms with E-state index in [1.54, 1.807) is 18.6 Å². The van der Waals surface area contributed by atoms with Gasteiger partial charge in [0.1, 0.15) is 5.60 Å². The summed E-state index contributed by atoms with van der Waals surface area (Å²) in [7, 11) is 0. The summed E-state index contributed by atoms with van der Waals surface area (Å²) < 4.78 is 7.62. The van der Waals surface area contributed by atoms with Crippen molar-refractivity contribution in [2.75, 3.05) is 0 Å². The smallest absolute Gasteiger partial charge is 0.407 e. The predicted octanol–water partition coefficient (Wildman–Crippen LogP) is 3.34. The van der Waals surface area contributed by atoms with Crippen molar-refractivity contribution in [1.29, 1.82) is 5.26 Å². The van der Waals surface area contributed by atoms with Crippen molar-refractivity contribution in [2.24, 2.45) is 0 Å². The molecule has 0 saturated carbocycles. The second kappa shape index (κ2) is 7.21. The molecule has 3 aromatic rings. The normalized spacial score (nSPS) is 15.7. The molecular formula is C22H23N5O2. The minimum atomic E-state index is -0.537. The monoisotopic (exact) mass is 389 g/mol. The van der Waals surface area contributed by atoms with Crippen molar-refractivity contribution in [3.8, 4) is 6.07 Å². The average molecular weight is 389 g/mol. The number of nitrogens with one attached hydrogen (secondary N) is 1. The third-order valence-corrected chi connectivity index (χ3v) is 4.96. The molecule has 0 bridgehead atoms. The van der Waals surface area contributed by atoms with Crippen LogP contribution in [0.1, 0.15) is 43.3 Å². The SMILES string of the molecule is CC(C)(C)OC(=O)NC1Cc2c(n(Cc3cnccn3)c3ccc(C#N)cc23)C1. The summed E-state index contributed by atoms with van der Waals surface area (Å²) in [5.41, 5.74) is 4.34. The number of nitrogens with zero attached hydrogens (tertiary/aromatic N) is 4. The van der Waals surface area contributed by atoms with E-state index in [0.29, 0.717) is 24.9 Å². The first-order valence-corrected chi connectivity index (χ1v) is 9.62. The van der Waals surface area contributed by atoms with Crippen molar-refractivity contribution in [1.82, 2.24) is 19.9 Å². The second-order valence-electron chi connectivity index (χ2n) is 8.30. The largest absolute Gasteiger partial charge is 0.444 e. The lowest BCUT2D eigenvalue weighted by molar-refractivity contribution is 0.0506. The molecule has 1 atom stereocenters. The molecule has 1 unspecified atom stereocenters. The molecule has 1 N–H and O–H groups in total. The maximum Gasteiger partial charge on any atom is 0.407 e. The number of nitriles is 1. The highest BCUT2D eigenvalue weighted by atomic mass is 16.6. The third kappa shape index (κ3) is 3.92. The molecule has 2 aromatic heterocycles. The summed E-state index contributed by atoms with van der Waals surface area (Å²) in [6.45, 7) is 6.13. The van der Waals surface area contributed by atoms with Gasteiger partial charge in [-0.1, -0.05) is 0 Å². The topological polar surface area (TPSA) is 92.8 Å². The van der Waals surface area contributed by atoms with Gasteiger partial charge >= 0.3 is 6.09 Å². The van der Waals surface area contributed by atoms with E-state index < -0.39 is 11.7 Å². The number of carbonyl (C=O) groups excluding carboxylic acids is 1. The molecule has 0 fully saturated rings. The Morgan fingerprint density at radius 1 is 1.34 bits per heavy atom. The number of fused-ring (bicyclic) bond motifs is 3. The highest BCUT2D eigenvalue weighted by Gasteiger charge is 2.30. The summed E-state index contributed by atoms with van der Waals surface area (Å²) in [6.07, 6.45) is 6.09. The number of alkyl carbamates (subject to hydrolysis) is 1. The molecule has 7 heteroatoms. The molecule has 1 amide bonds. The average Bonchev–Trinajstić information content (AvgIpc) is 3.18. The van der Waals surface area contributed by atoms with Crippen molar-refractivity contribution in [3.05, 3.63) is 59.3 Å². The molecule has 148 valence electrons. The number of aromatic nitrogens is 3. The molecule has 0 saturated heterocycles. The molecule has 2 heterocycles. The standard InChI is InChI=1S/C22H23N5O2/c1-22(2,3)29-21(28)26-15-9-18-17-8-14(11-23)4-5-19(17)27(20(18)10-15)13-16-12-24-6-7-25-16/h4-8,12,15H,9-10,13H2,1-3H3,(H,26,28). The van der Waals surface area contributed by atoms with E-state index in [2.05, 4.69) is 25.9 Å². The highest BCUT2D eigenvalue weighted by molar-refractivity contribution is 5.88. The van der Waals surface area contributed by atoms with Gasteiger partial charge in [-0.3, -0.25) is 9.97 Å². The van der Waals surface area contributed by atoms with Gasteiger partial charge in [-0.25, -0.2) is 4.79 Å². The number of rotatable bonds is 3. The van der Waals surface area contributed by atoms with Crippen LogP contribution >= 0.6 is 0 Å². The molecule has 7 nitrogen and oxygen atoms in total. The quantitative estimate of drug-likeness (QED) is 0.742. The summed E-state index contributed by atoms with van der Waals surface area (Å²) in [5.74, 6) is 0. The van der Waals surface area contributed by atoms with Crippen molar-refractivity contribution >= 4 is 17.0 Å². The zero-order valence-corrected chi connectivity index (χ0v) is 16.8. The Morgan fingerprint density at radius 3 is 2.86 bits per heavy atom. The lowest BCUT2D eigenvalue weighted by Crippen LogP contribution is -2.39. The van der Waals surface area contributed by atoms with Crippen LogP contribution < -0.4 is 5.32 Å². The molecule has 0 radical (unpaired) electrons. The Hall–Kier alpha value is -3.40. The first-order chi connectivity index (χ1) is 13.8. The lowest BCUT2D eigenvalue weighted by Gasteiger charge is -2.22. The van der Waals surface area contributed by atoms with Gasteiger partial charge in [-0.15, -0.1) is 0 Å². The minimum Gasteiger partial charge on any atom is -0.444 e. The third-order valence-electron chi connectivity index (χ3n) is 4.96. The molecule has 4 rings (SSSR count). The lowest BCUT2D eigenvalue weighted by atomic mass is 10.1. The van der Waals surface area contributed by atoms with Crippen LogP contribution in [0.2, 0.25) is 0 Å². The first kappa shape index (κ1) is 18.9. The fourth-order valence-corrected chi connectivity index (χ4v) is 3.89. The Labute approximate surface area is 169 Å². The van der Waals surface area contributed by atoms with Crippen LogP contribution in [0, 0.1) is 11.3 Å². The fraction of sp³-hybridized carbons (Fsp3) is 0.364. The first-order valence-electron chi connectivity index (χ1n) is 9.62. The second-order valence-corrected chi connectivity index (χ2v) is 8.30. The van der Waals surface area contributed by atoms with Crippen LogP contribution in [-0.2, 0) is 24.1 Å². The highest BCUT2D eigenvalue weighted by Crippen LogP contribution is 2.34. The summed E-state index contributed by atoms with van der Waals surface area (Å²) in [4.78, 5) is 20.8. The zero-order chi connectivity index (χ0) is 20.6. The number of carbonyl (C=O) groups is 1. The van der Waals surface area contributed by atoms with E-state index in [1.165, 1.54) is 5.56 Å². The van der Waals surface area contributed by atoms with E-state index in [4.69, 9.17) is 4.74 Å². The van der Waals surface area contributed by atoms with Crippen LogP contribution in [0.15, 0.2) is 36.8 Å². The molecule has 29 heavy (non-hydrogen) atoms.